The third-order valence-electron chi connectivity index (χ3n) is 5.89. The molecule has 20 heavy (non-hydrogen) atoms. The van der Waals surface area contributed by atoms with Crippen molar-refractivity contribution in [3.05, 3.63) is 12.2 Å². The molecule has 0 aliphatic heterocycles. The van der Waals surface area contributed by atoms with Crippen molar-refractivity contribution in [2.24, 2.45) is 23.2 Å². The van der Waals surface area contributed by atoms with Gasteiger partial charge in [-0.15, -0.1) is 0 Å². The van der Waals surface area contributed by atoms with Gasteiger partial charge in [0.25, 0.3) is 0 Å². The first kappa shape index (κ1) is 15.6. The molecule has 112 valence electrons. The van der Waals surface area contributed by atoms with Crippen LogP contribution in [0.25, 0.3) is 0 Å². The van der Waals surface area contributed by atoms with Gasteiger partial charge in [0.2, 0.25) is 0 Å². The minimum absolute atomic E-state index is 0.134. The average molecular weight is 273 g/mol. The maximum absolute atomic E-state index is 9.46. The average Bonchev–Trinajstić information content (AvgIpc) is 2.50. The van der Waals surface area contributed by atoms with Crippen LogP contribution in [0.5, 0.6) is 0 Å². The van der Waals surface area contributed by atoms with Crippen molar-refractivity contribution in [2.75, 3.05) is 0 Å². The highest BCUT2D eigenvalue weighted by Gasteiger charge is 2.36. The first-order valence-corrected chi connectivity index (χ1v) is 8.78. The largest absolute Gasteiger partial charge is 0.197 e. The lowest BCUT2D eigenvalue weighted by molar-refractivity contribution is 0.137. The Bertz CT molecular complexity index is 346. The van der Waals surface area contributed by atoms with Gasteiger partial charge >= 0.3 is 0 Å². The zero-order valence-electron chi connectivity index (χ0n) is 13.4. The minimum Gasteiger partial charge on any atom is -0.197 e. The molecule has 2 aliphatic rings. The second-order valence-corrected chi connectivity index (χ2v) is 7.17. The summed E-state index contributed by atoms with van der Waals surface area (Å²) in [5, 5.41) is 9.46. The Hall–Kier alpha value is -0.770. The second-order valence-electron chi connectivity index (χ2n) is 7.17. The highest BCUT2D eigenvalue weighted by Crippen LogP contribution is 2.46. The summed E-state index contributed by atoms with van der Waals surface area (Å²) in [6.45, 7) is 4.36. The van der Waals surface area contributed by atoms with Crippen LogP contribution in [-0.2, 0) is 0 Å². The van der Waals surface area contributed by atoms with Crippen LogP contribution >= 0.6 is 0 Å². The Balaban J connectivity index is 1.82. The summed E-state index contributed by atoms with van der Waals surface area (Å²) in [6, 6.07) is 2.58. The monoisotopic (exact) mass is 273 g/mol. The van der Waals surface area contributed by atoms with Gasteiger partial charge in [-0.25, -0.2) is 0 Å². The fraction of sp³-hybridized carbons (Fsp3) is 0.842. The van der Waals surface area contributed by atoms with E-state index >= 15 is 0 Å². The van der Waals surface area contributed by atoms with Gasteiger partial charge < -0.3 is 0 Å². The van der Waals surface area contributed by atoms with Gasteiger partial charge in [-0.3, -0.25) is 0 Å². The third kappa shape index (κ3) is 3.66. The predicted octanol–water partition coefficient (Wildman–Crippen LogP) is 5.87. The predicted molar refractivity (Wildman–Crippen MR) is 85.2 cm³/mol. The standard InChI is InChI=1S/C19H31N/c1-3-5-16-6-8-17(9-7-16)18-10-13-19(15-20,12-4-2)14-11-18/h4,12,16-18H,3,5-11,13-14H2,1-2H3/b12-4-. The van der Waals surface area contributed by atoms with E-state index in [1.54, 1.807) is 0 Å². The Kier molecular flexibility index (Phi) is 5.70. The molecule has 0 aromatic carbocycles. The minimum atomic E-state index is -0.134. The molecule has 0 aromatic heterocycles. The number of hydrogen-bond acceptors (Lipinski definition) is 1. The zero-order chi connectivity index (χ0) is 14.4. The van der Waals surface area contributed by atoms with Crippen LogP contribution < -0.4 is 0 Å². The third-order valence-corrected chi connectivity index (χ3v) is 5.89. The summed E-state index contributed by atoms with van der Waals surface area (Å²) in [7, 11) is 0. The van der Waals surface area contributed by atoms with Crippen LogP contribution in [0.4, 0.5) is 0 Å². The molecular weight excluding hydrogens is 242 g/mol. The Labute approximate surface area is 125 Å². The fourth-order valence-electron chi connectivity index (χ4n) is 4.62. The van der Waals surface area contributed by atoms with Gasteiger partial charge in [0.15, 0.2) is 0 Å². The van der Waals surface area contributed by atoms with E-state index in [4.69, 9.17) is 0 Å². The highest BCUT2D eigenvalue weighted by atomic mass is 14.4. The summed E-state index contributed by atoms with van der Waals surface area (Å²) in [5.41, 5.74) is -0.134. The van der Waals surface area contributed by atoms with Crippen molar-refractivity contribution in [3.63, 3.8) is 0 Å². The summed E-state index contributed by atoms with van der Waals surface area (Å²) in [6.07, 6.45) is 17.6. The van der Waals surface area contributed by atoms with Crippen LogP contribution in [0, 0.1) is 34.5 Å². The lowest BCUT2D eigenvalue weighted by Gasteiger charge is -2.39. The Morgan fingerprint density at radius 1 is 1.05 bits per heavy atom. The van der Waals surface area contributed by atoms with E-state index in [1.165, 1.54) is 51.4 Å². The molecule has 0 unspecified atom stereocenters. The summed E-state index contributed by atoms with van der Waals surface area (Å²) in [5.74, 6) is 2.88. The van der Waals surface area contributed by atoms with E-state index in [1.807, 2.05) is 6.92 Å². The molecule has 1 heteroatoms. The van der Waals surface area contributed by atoms with Crippen molar-refractivity contribution in [1.29, 1.82) is 5.26 Å². The molecular formula is C19H31N. The van der Waals surface area contributed by atoms with E-state index < -0.39 is 0 Å². The molecule has 0 aromatic rings. The second kappa shape index (κ2) is 7.30. The van der Waals surface area contributed by atoms with Gasteiger partial charge in [-0.05, 0) is 63.2 Å². The first-order chi connectivity index (χ1) is 9.73. The topological polar surface area (TPSA) is 23.8 Å². The molecule has 0 amide bonds. The molecule has 0 radical (unpaired) electrons. The maximum atomic E-state index is 9.46. The summed E-state index contributed by atoms with van der Waals surface area (Å²) in [4.78, 5) is 0. The number of nitrogens with zero attached hydrogens (tertiary/aromatic N) is 1. The zero-order valence-corrected chi connectivity index (χ0v) is 13.4. The quantitative estimate of drug-likeness (QED) is 0.588. The van der Waals surface area contributed by atoms with Crippen LogP contribution in [-0.4, -0.2) is 0 Å². The summed E-state index contributed by atoms with van der Waals surface area (Å²) < 4.78 is 0. The van der Waals surface area contributed by atoms with E-state index in [0.29, 0.717) is 0 Å². The molecule has 0 spiro atoms. The smallest absolute Gasteiger partial charge is 0.0753 e. The van der Waals surface area contributed by atoms with E-state index in [9.17, 15) is 5.26 Å². The van der Waals surface area contributed by atoms with Crippen molar-refractivity contribution in [1.82, 2.24) is 0 Å². The summed E-state index contributed by atoms with van der Waals surface area (Å²) >= 11 is 0. The van der Waals surface area contributed by atoms with Crippen LogP contribution in [0.15, 0.2) is 12.2 Å². The molecule has 2 saturated carbocycles. The fourth-order valence-corrected chi connectivity index (χ4v) is 4.62. The molecule has 0 heterocycles. The van der Waals surface area contributed by atoms with Gasteiger partial charge in [0.05, 0.1) is 11.5 Å². The lowest BCUT2D eigenvalue weighted by Crippen LogP contribution is -2.30. The number of hydrogen-bond donors (Lipinski definition) is 0. The maximum Gasteiger partial charge on any atom is 0.0753 e. The molecule has 2 aliphatic carbocycles. The molecule has 1 nitrogen and oxygen atoms in total. The molecule has 2 rings (SSSR count). The van der Waals surface area contributed by atoms with E-state index in [2.05, 4.69) is 25.1 Å². The molecule has 0 atom stereocenters. The van der Waals surface area contributed by atoms with E-state index in [0.717, 1.165) is 30.6 Å². The van der Waals surface area contributed by atoms with Crippen LogP contribution in [0.2, 0.25) is 0 Å². The number of nitriles is 1. The Morgan fingerprint density at radius 2 is 1.65 bits per heavy atom. The van der Waals surface area contributed by atoms with Crippen molar-refractivity contribution in [3.8, 4) is 6.07 Å². The number of rotatable bonds is 4. The van der Waals surface area contributed by atoms with Crippen molar-refractivity contribution >= 4 is 0 Å². The normalized spacial score (nSPS) is 38.8. The van der Waals surface area contributed by atoms with Crippen molar-refractivity contribution < 1.29 is 0 Å². The Morgan fingerprint density at radius 3 is 2.15 bits per heavy atom. The van der Waals surface area contributed by atoms with Crippen molar-refractivity contribution in [2.45, 2.75) is 78.1 Å². The molecule has 0 N–H and O–H groups in total. The molecule has 0 saturated heterocycles. The van der Waals surface area contributed by atoms with Gasteiger partial charge in [-0.2, -0.15) is 5.26 Å². The van der Waals surface area contributed by atoms with E-state index in [-0.39, 0.29) is 5.41 Å². The number of allylic oxidation sites excluding steroid dienone is 2. The van der Waals surface area contributed by atoms with Crippen LogP contribution in [0.3, 0.4) is 0 Å². The van der Waals surface area contributed by atoms with Gasteiger partial charge in [-0.1, -0.05) is 44.8 Å². The molecule has 0 bridgehead atoms. The SMILES string of the molecule is C/C=C\C1(C#N)CCC(C2CCC(CCC)CC2)CC1. The van der Waals surface area contributed by atoms with Gasteiger partial charge in [0.1, 0.15) is 0 Å². The highest BCUT2D eigenvalue weighted by molar-refractivity contribution is 5.13. The van der Waals surface area contributed by atoms with Crippen LogP contribution in [0.1, 0.15) is 78.1 Å². The first-order valence-electron chi connectivity index (χ1n) is 8.78. The lowest BCUT2D eigenvalue weighted by atomic mass is 9.64. The van der Waals surface area contributed by atoms with Gasteiger partial charge in [0, 0.05) is 0 Å². The molecule has 2 fully saturated rings.